The number of amides is 1. The highest BCUT2D eigenvalue weighted by Crippen LogP contribution is 2.15. The van der Waals surface area contributed by atoms with Crippen molar-refractivity contribution in [2.24, 2.45) is 7.05 Å². The number of aryl methyl sites for hydroxylation is 1. The van der Waals surface area contributed by atoms with Crippen LogP contribution in [0.3, 0.4) is 0 Å². The number of hydrogen-bond acceptors (Lipinski definition) is 2. The molecule has 2 heterocycles. The van der Waals surface area contributed by atoms with E-state index in [1.807, 2.05) is 14.1 Å². The number of aromatic nitrogens is 1. The standard InChI is InChI=1S/C10H14ClN3O/c1-13-6-7(11)3-9(13)10(15)14(2)8-4-12-5-8/h3,6,8,12H,4-5H2,1-2H3. The molecule has 0 unspecified atom stereocenters. The summed E-state index contributed by atoms with van der Waals surface area (Å²) in [6.45, 7) is 1.75. The summed E-state index contributed by atoms with van der Waals surface area (Å²) in [7, 11) is 3.65. The Morgan fingerprint density at radius 3 is 2.73 bits per heavy atom. The third-order valence-corrected chi connectivity index (χ3v) is 3.03. The van der Waals surface area contributed by atoms with Gasteiger partial charge in [-0.05, 0) is 6.07 Å². The summed E-state index contributed by atoms with van der Waals surface area (Å²) in [6.07, 6.45) is 1.74. The van der Waals surface area contributed by atoms with E-state index in [0.717, 1.165) is 13.1 Å². The van der Waals surface area contributed by atoms with E-state index in [1.54, 1.807) is 21.7 Å². The summed E-state index contributed by atoms with van der Waals surface area (Å²) >= 11 is 5.84. The van der Waals surface area contributed by atoms with E-state index in [9.17, 15) is 4.79 Å². The number of likely N-dealkylation sites (N-methyl/N-ethyl adjacent to an activating group) is 1. The van der Waals surface area contributed by atoms with Gasteiger partial charge in [-0.15, -0.1) is 0 Å². The van der Waals surface area contributed by atoms with Crippen molar-refractivity contribution in [3.8, 4) is 0 Å². The van der Waals surface area contributed by atoms with Gasteiger partial charge in [0.05, 0.1) is 11.1 Å². The highest BCUT2D eigenvalue weighted by molar-refractivity contribution is 6.31. The predicted octanol–water partition coefficient (Wildman–Crippen LogP) is 0.722. The Bertz CT molecular complexity index is 384. The zero-order chi connectivity index (χ0) is 11.0. The normalized spacial score (nSPS) is 16.2. The third-order valence-electron chi connectivity index (χ3n) is 2.82. The molecule has 1 aliphatic heterocycles. The molecule has 0 atom stereocenters. The van der Waals surface area contributed by atoms with E-state index in [1.165, 1.54) is 0 Å². The highest BCUT2D eigenvalue weighted by atomic mass is 35.5. The van der Waals surface area contributed by atoms with Crippen LogP contribution in [0, 0.1) is 0 Å². The molecule has 15 heavy (non-hydrogen) atoms. The summed E-state index contributed by atoms with van der Waals surface area (Å²) in [6, 6.07) is 2.01. The number of carbonyl (C=O) groups excluding carboxylic acids is 1. The zero-order valence-corrected chi connectivity index (χ0v) is 9.58. The SMILES string of the molecule is CN(C(=O)c1cc(Cl)cn1C)C1CNC1. The van der Waals surface area contributed by atoms with E-state index < -0.39 is 0 Å². The maximum atomic E-state index is 12.0. The van der Waals surface area contributed by atoms with Crippen LogP contribution in [0.2, 0.25) is 5.02 Å². The van der Waals surface area contributed by atoms with Gasteiger partial charge in [-0.2, -0.15) is 0 Å². The molecule has 0 aliphatic carbocycles. The van der Waals surface area contributed by atoms with Crippen molar-refractivity contribution >= 4 is 17.5 Å². The average Bonchev–Trinajstić information content (AvgIpc) is 2.41. The Kier molecular flexibility index (Phi) is 2.71. The van der Waals surface area contributed by atoms with Crippen molar-refractivity contribution in [3.05, 3.63) is 23.0 Å². The Labute approximate surface area is 93.8 Å². The lowest BCUT2D eigenvalue weighted by Gasteiger charge is -2.35. The second-order valence-electron chi connectivity index (χ2n) is 3.88. The smallest absolute Gasteiger partial charge is 0.270 e. The fourth-order valence-corrected chi connectivity index (χ4v) is 1.88. The molecule has 4 nitrogen and oxygen atoms in total. The van der Waals surface area contributed by atoms with E-state index in [4.69, 9.17) is 11.6 Å². The fraction of sp³-hybridized carbons (Fsp3) is 0.500. The second kappa shape index (κ2) is 3.87. The fourth-order valence-electron chi connectivity index (χ4n) is 1.63. The van der Waals surface area contributed by atoms with E-state index >= 15 is 0 Å². The number of carbonyl (C=O) groups is 1. The summed E-state index contributed by atoms with van der Waals surface area (Å²) in [5.74, 6) is 0.0240. The minimum Gasteiger partial charge on any atom is -0.345 e. The molecule has 1 fully saturated rings. The monoisotopic (exact) mass is 227 g/mol. The van der Waals surface area contributed by atoms with Crippen molar-refractivity contribution in [3.63, 3.8) is 0 Å². The van der Waals surface area contributed by atoms with Crippen LogP contribution in [0.1, 0.15) is 10.5 Å². The number of rotatable bonds is 2. The van der Waals surface area contributed by atoms with E-state index in [2.05, 4.69) is 5.32 Å². The molecule has 0 bridgehead atoms. The molecule has 0 radical (unpaired) electrons. The average molecular weight is 228 g/mol. The molecule has 1 aromatic rings. The molecular weight excluding hydrogens is 214 g/mol. The largest absolute Gasteiger partial charge is 0.345 e. The Hall–Kier alpha value is -1.00. The minimum absolute atomic E-state index is 0.0240. The topological polar surface area (TPSA) is 37.3 Å². The molecule has 0 aromatic carbocycles. The molecule has 1 aliphatic rings. The Morgan fingerprint density at radius 1 is 1.67 bits per heavy atom. The Balaban J connectivity index is 2.15. The zero-order valence-electron chi connectivity index (χ0n) is 8.83. The summed E-state index contributed by atoms with van der Waals surface area (Å²) in [5.41, 5.74) is 0.634. The van der Waals surface area contributed by atoms with Crippen molar-refractivity contribution in [2.45, 2.75) is 6.04 Å². The maximum absolute atomic E-state index is 12.0. The van der Waals surface area contributed by atoms with Gasteiger partial charge in [0.1, 0.15) is 5.69 Å². The first kappa shape index (κ1) is 10.5. The van der Waals surface area contributed by atoms with Gasteiger partial charge >= 0.3 is 0 Å². The summed E-state index contributed by atoms with van der Waals surface area (Å²) in [5, 5.41) is 3.74. The predicted molar refractivity (Wildman–Crippen MR) is 59.2 cm³/mol. The van der Waals surface area contributed by atoms with Gasteiger partial charge in [-0.25, -0.2) is 0 Å². The second-order valence-corrected chi connectivity index (χ2v) is 4.32. The minimum atomic E-state index is 0.0240. The van der Waals surface area contributed by atoms with Crippen LogP contribution in [0.5, 0.6) is 0 Å². The molecule has 1 saturated heterocycles. The summed E-state index contributed by atoms with van der Waals surface area (Å²) in [4.78, 5) is 13.8. The van der Waals surface area contributed by atoms with Gasteiger partial charge < -0.3 is 14.8 Å². The lowest BCUT2D eigenvalue weighted by atomic mass is 10.1. The van der Waals surface area contributed by atoms with Gasteiger partial charge in [-0.3, -0.25) is 4.79 Å². The van der Waals surface area contributed by atoms with Crippen LogP contribution in [-0.2, 0) is 7.05 Å². The van der Waals surface area contributed by atoms with Crippen LogP contribution in [-0.4, -0.2) is 41.6 Å². The first-order valence-corrected chi connectivity index (χ1v) is 5.27. The van der Waals surface area contributed by atoms with Gasteiger partial charge in [-0.1, -0.05) is 11.6 Å². The van der Waals surface area contributed by atoms with Crippen LogP contribution < -0.4 is 5.32 Å². The third kappa shape index (κ3) is 1.87. The van der Waals surface area contributed by atoms with Crippen molar-refractivity contribution in [2.75, 3.05) is 20.1 Å². The lowest BCUT2D eigenvalue weighted by Crippen LogP contribution is -2.57. The number of halogens is 1. The van der Waals surface area contributed by atoms with Crippen LogP contribution in [0.4, 0.5) is 0 Å². The number of hydrogen-bond donors (Lipinski definition) is 1. The van der Waals surface area contributed by atoms with E-state index in [-0.39, 0.29) is 5.91 Å². The lowest BCUT2D eigenvalue weighted by molar-refractivity contribution is 0.0671. The van der Waals surface area contributed by atoms with Gasteiger partial charge in [0, 0.05) is 33.4 Å². The molecular formula is C10H14ClN3O. The highest BCUT2D eigenvalue weighted by Gasteiger charge is 2.27. The number of nitrogens with zero attached hydrogens (tertiary/aromatic N) is 2. The van der Waals surface area contributed by atoms with Gasteiger partial charge in [0.15, 0.2) is 0 Å². The Morgan fingerprint density at radius 2 is 2.33 bits per heavy atom. The molecule has 5 heteroatoms. The molecule has 1 aromatic heterocycles. The first-order valence-electron chi connectivity index (χ1n) is 4.89. The number of nitrogens with one attached hydrogen (secondary N) is 1. The molecule has 2 rings (SSSR count). The van der Waals surface area contributed by atoms with E-state index in [0.29, 0.717) is 16.8 Å². The van der Waals surface area contributed by atoms with Crippen LogP contribution >= 0.6 is 11.6 Å². The van der Waals surface area contributed by atoms with Crippen molar-refractivity contribution in [1.82, 2.24) is 14.8 Å². The van der Waals surface area contributed by atoms with Crippen molar-refractivity contribution in [1.29, 1.82) is 0 Å². The molecule has 1 N–H and O–H groups in total. The maximum Gasteiger partial charge on any atom is 0.270 e. The van der Waals surface area contributed by atoms with Gasteiger partial charge in [0.2, 0.25) is 0 Å². The van der Waals surface area contributed by atoms with Crippen LogP contribution in [0.15, 0.2) is 12.3 Å². The van der Waals surface area contributed by atoms with Crippen LogP contribution in [0.25, 0.3) is 0 Å². The molecule has 0 saturated carbocycles. The first-order chi connectivity index (χ1) is 7.09. The summed E-state index contributed by atoms with van der Waals surface area (Å²) < 4.78 is 1.76. The molecule has 82 valence electrons. The van der Waals surface area contributed by atoms with Crippen molar-refractivity contribution < 1.29 is 4.79 Å². The quantitative estimate of drug-likeness (QED) is 0.809. The molecule has 0 spiro atoms. The molecule has 1 amide bonds. The van der Waals surface area contributed by atoms with Gasteiger partial charge in [0.25, 0.3) is 5.91 Å².